The Labute approximate surface area is 164 Å². The maximum atomic E-state index is 13.9. The summed E-state index contributed by atoms with van der Waals surface area (Å²) in [7, 11) is 2.66. The lowest BCUT2D eigenvalue weighted by Gasteiger charge is -2.30. The van der Waals surface area contributed by atoms with Crippen LogP contribution in [0.1, 0.15) is 36.0 Å². The number of imide groups is 1. The van der Waals surface area contributed by atoms with Crippen LogP contribution in [0.5, 0.6) is 11.5 Å². The van der Waals surface area contributed by atoms with Crippen molar-refractivity contribution in [3.8, 4) is 11.5 Å². The van der Waals surface area contributed by atoms with E-state index in [1.54, 1.807) is 10.6 Å². The second kappa shape index (κ2) is 7.45. The van der Waals surface area contributed by atoms with Crippen molar-refractivity contribution >= 4 is 17.8 Å². The molecule has 1 aliphatic heterocycles. The molecule has 0 aromatic heterocycles. The summed E-state index contributed by atoms with van der Waals surface area (Å²) in [6.45, 7) is 0. The number of nitrogens with zero attached hydrogens (tertiary/aromatic N) is 1. The topological polar surface area (TPSA) is 97.0 Å². The van der Waals surface area contributed by atoms with E-state index < -0.39 is 35.7 Å². The predicted molar refractivity (Wildman–Crippen MR) is 93.4 cm³/mol. The molecule has 1 aromatic carbocycles. The predicted octanol–water partition coefficient (Wildman–Crippen LogP) is 2.19. The van der Waals surface area contributed by atoms with Crippen LogP contribution in [0.4, 0.5) is 18.0 Å². The summed E-state index contributed by atoms with van der Waals surface area (Å²) in [5.74, 6) is -2.34. The highest BCUT2D eigenvalue weighted by Crippen LogP contribution is 2.37. The van der Waals surface area contributed by atoms with Crippen LogP contribution in [0, 0.1) is 0 Å². The largest absolute Gasteiger partial charge is 0.493 e. The van der Waals surface area contributed by atoms with Crippen molar-refractivity contribution in [2.24, 2.45) is 0 Å². The highest BCUT2D eigenvalue weighted by atomic mass is 19.4. The lowest BCUT2D eigenvalue weighted by molar-refractivity contribution is -0.200. The van der Waals surface area contributed by atoms with Crippen LogP contribution >= 0.6 is 0 Å². The molecule has 1 saturated carbocycles. The van der Waals surface area contributed by atoms with E-state index in [0.717, 1.165) is 0 Å². The fraction of sp³-hybridized carbons (Fsp3) is 0.500. The number of hydrogen-bond acceptors (Lipinski definition) is 5. The number of rotatable bonds is 5. The number of hydrogen-bond donors (Lipinski definition) is 2. The molecule has 2 N–H and O–H groups in total. The summed E-state index contributed by atoms with van der Waals surface area (Å²) in [6, 6.07) is 1.94. The maximum absolute atomic E-state index is 13.9. The molecule has 1 heterocycles. The molecule has 11 heteroatoms. The van der Waals surface area contributed by atoms with Gasteiger partial charge in [0.2, 0.25) is 0 Å². The van der Waals surface area contributed by atoms with Gasteiger partial charge in [-0.25, -0.2) is 4.79 Å². The Morgan fingerprint density at radius 2 is 1.79 bits per heavy atom. The van der Waals surface area contributed by atoms with E-state index in [-0.39, 0.29) is 17.1 Å². The third-order valence-electron chi connectivity index (χ3n) is 5.11. The number of carbonyl (C=O) groups is 3. The van der Waals surface area contributed by atoms with Crippen molar-refractivity contribution in [2.45, 2.75) is 43.6 Å². The molecule has 8 nitrogen and oxygen atoms in total. The molecule has 0 unspecified atom stereocenters. The summed E-state index contributed by atoms with van der Waals surface area (Å²) in [6.07, 6.45) is -2.98. The first-order chi connectivity index (χ1) is 13.6. The van der Waals surface area contributed by atoms with Gasteiger partial charge in [0.25, 0.3) is 17.5 Å². The fourth-order valence-corrected chi connectivity index (χ4v) is 3.61. The van der Waals surface area contributed by atoms with Gasteiger partial charge in [-0.2, -0.15) is 13.2 Å². The van der Waals surface area contributed by atoms with Gasteiger partial charge < -0.3 is 14.8 Å². The molecule has 29 heavy (non-hydrogen) atoms. The van der Waals surface area contributed by atoms with Crippen LogP contribution in [0.2, 0.25) is 0 Å². The van der Waals surface area contributed by atoms with E-state index in [9.17, 15) is 27.6 Å². The lowest BCUT2D eigenvalue weighted by Crippen LogP contribution is -2.69. The van der Waals surface area contributed by atoms with Crippen molar-refractivity contribution in [2.75, 3.05) is 14.2 Å². The Balaban J connectivity index is 1.93. The summed E-state index contributed by atoms with van der Waals surface area (Å²) in [5, 5.41) is 3.35. The minimum absolute atomic E-state index is 0.121. The standard InChI is InChI=1S/C18H20F3N3O5/c1-28-12-8-7-10(9-13(12)29-2)14(25)22-17(18(19,20)21)15(26)24(16(27)23-17)11-5-3-4-6-11/h7-9,11H,3-6H2,1-2H3,(H,22,25)(H,23,27)/t17-/m1/s1. The molecule has 1 aliphatic carbocycles. The number of methoxy groups -OCH3 is 2. The zero-order chi connectivity index (χ0) is 21.4. The van der Waals surface area contributed by atoms with E-state index in [2.05, 4.69) is 0 Å². The molecule has 0 bridgehead atoms. The van der Waals surface area contributed by atoms with Crippen molar-refractivity contribution in [3.05, 3.63) is 23.8 Å². The third kappa shape index (κ3) is 3.45. The molecular weight excluding hydrogens is 395 g/mol. The Bertz CT molecular complexity index is 839. The number of ether oxygens (including phenoxy) is 2. The van der Waals surface area contributed by atoms with Gasteiger partial charge in [0.05, 0.1) is 14.2 Å². The van der Waals surface area contributed by atoms with E-state index in [4.69, 9.17) is 9.47 Å². The summed E-state index contributed by atoms with van der Waals surface area (Å²) in [5.41, 5.74) is -3.73. The molecule has 4 amide bonds. The first-order valence-corrected chi connectivity index (χ1v) is 8.91. The number of amides is 4. The zero-order valence-corrected chi connectivity index (χ0v) is 15.8. The van der Waals surface area contributed by atoms with Gasteiger partial charge in [-0.1, -0.05) is 12.8 Å². The second-order valence-corrected chi connectivity index (χ2v) is 6.82. The molecule has 1 aromatic rings. The van der Waals surface area contributed by atoms with Crippen LogP contribution in [-0.2, 0) is 4.79 Å². The van der Waals surface area contributed by atoms with E-state index in [1.165, 1.54) is 32.4 Å². The molecule has 1 atom stereocenters. The Morgan fingerprint density at radius 3 is 2.34 bits per heavy atom. The lowest BCUT2D eigenvalue weighted by atomic mass is 10.1. The van der Waals surface area contributed by atoms with Gasteiger partial charge in [0.1, 0.15) is 0 Å². The van der Waals surface area contributed by atoms with Gasteiger partial charge in [0, 0.05) is 11.6 Å². The maximum Gasteiger partial charge on any atom is 0.440 e. The molecule has 3 rings (SSSR count). The van der Waals surface area contributed by atoms with Gasteiger partial charge in [0.15, 0.2) is 11.5 Å². The molecule has 158 valence electrons. The van der Waals surface area contributed by atoms with Gasteiger partial charge >= 0.3 is 12.2 Å². The molecule has 2 fully saturated rings. The first-order valence-electron chi connectivity index (χ1n) is 8.91. The Hall–Kier alpha value is -2.98. The second-order valence-electron chi connectivity index (χ2n) is 6.82. The number of urea groups is 1. The number of alkyl halides is 3. The van der Waals surface area contributed by atoms with Crippen LogP contribution in [0.25, 0.3) is 0 Å². The molecule has 0 radical (unpaired) electrons. The van der Waals surface area contributed by atoms with Gasteiger partial charge in [-0.3, -0.25) is 19.8 Å². The van der Waals surface area contributed by atoms with Crippen LogP contribution in [-0.4, -0.2) is 54.8 Å². The summed E-state index contributed by atoms with van der Waals surface area (Å²) < 4.78 is 51.8. The fourth-order valence-electron chi connectivity index (χ4n) is 3.61. The highest BCUT2D eigenvalue weighted by molar-refractivity contribution is 6.10. The number of carbonyl (C=O) groups excluding carboxylic acids is 3. The van der Waals surface area contributed by atoms with Gasteiger partial charge in [-0.15, -0.1) is 0 Å². The molecular formula is C18H20F3N3O5. The summed E-state index contributed by atoms with van der Waals surface area (Å²) >= 11 is 0. The van der Waals surface area contributed by atoms with Crippen molar-refractivity contribution in [3.63, 3.8) is 0 Å². The van der Waals surface area contributed by atoms with Crippen LogP contribution < -0.4 is 20.1 Å². The van der Waals surface area contributed by atoms with Crippen molar-refractivity contribution in [1.29, 1.82) is 0 Å². The number of halogens is 3. The molecule has 1 saturated heterocycles. The number of benzene rings is 1. The van der Waals surface area contributed by atoms with E-state index in [1.807, 2.05) is 0 Å². The van der Waals surface area contributed by atoms with E-state index in [0.29, 0.717) is 30.6 Å². The van der Waals surface area contributed by atoms with Gasteiger partial charge in [-0.05, 0) is 31.0 Å². The molecule has 2 aliphatic rings. The Morgan fingerprint density at radius 1 is 1.17 bits per heavy atom. The van der Waals surface area contributed by atoms with Crippen molar-refractivity contribution < 1.29 is 37.0 Å². The average molecular weight is 415 g/mol. The van der Waals surface area contributed by atoms with Crippen molar-refractivity contribution in [1.82, 2.24) is 15.5 Å². The first kappa shape index (κ1) is 20.7. The normalized spacial score (nSPS) is 22.6. The monoisotopic (exact) mass is 415 g/mol. The average Bonchev–Trinajstić information content (AvgIpc) is 3.27. The van der Waals surface area contributed by atoms with Crippen LogP contribution in [0.3, 0.4) is 0 Å². The number of nitrogens with one attached hydrogen (secondary N) is 2. The zero-order valence-electron chi connectivity index (χ0n) is 15.8. The van der Waals surface area contributed by atoms with Crippen LogP contribution in [0.15, 0.2) is 18.2 Å². The Kier molecular flexibility index (Phi) is 5.33. The molecule has 0 spiro atoms. The highest BCUT2D eigenvalue weighted by Gasteiger charge is 2.69. The minimum Gasteiger partial charge on any atom is -0.493 e. The third-order valence-corrected chi connectivity index (χ3v) is 5.11. The quantitative estimate of drug-likeness (QED) is 0.719. The SMILES string of the molecule is COc1ccc(C(=O)N[C@@]2(C(F)(F)F)NC(=O)N(C3CCCC3)C2=O)cc1OC. The summed E-state index contributed by atoms with van der Waals surface area (Å²) in [4.78, 5) is 38.1. The smallest absolute Gasteiger partial charge is 0.440 e. The van der Waals surface area contributed by atoms with E-state index >= 15 is 0 Å². The minimum atomic E-state index is -5.25.